The lowest BCUT2D eigenvalue weighted by Gasteiger charge is -2.14. The summed E-state index contributed by atoms with van der Waals surface area (Å²) >= 11 is 0. The number of hydrogen-bond acceptors (Lipinski definition) is 4. The zero-order valence-corrected chi connectivity index (χ0v) is 15.5. The average molecular weight is 412 g/mol. The van der Waals surface area contributed by atoms with Crippen LogP contribution in [0.3, 0.4) is 0 Å². The zero-order valence-electron chi connectivity index (χ0n) is 15.5. The Labute approximate surface area is 169 Å². The van der Waals surface area contributed by atoms with Crippen molar-refractivity contribution < 1.29 is 22.4 Å². The van der Waals surface area contributed by atoms with Crippen molar-refractivity contribution in [3.63, 3.8) is 0 Å². The molecule has 0 saturated carbocycles. The van der Waals surface area contributed by atoms with Crippen LogP contribution in [0.15, 0.2) is 53.1 Å². The SMILES string of the molecule is N#CC1=Cc2c(NC(=O)c3ccoc3)cn(Cc3ccc(C(F)(F)F)nc3)c2CC1. The number of pyridine rings is 1. The maximum atomic E-state index is 12.7. The molecule has 3 aromatic rings. The maximum absolute atomic E-state index is 12.7. The van der Waals surface area contributed by atoms with E-state index >= 15 is 0 Å². The number of anilines is 1. The van der Waals surface area contributed by atoms with E-state index in [1.807, 2.05) is 4.57 Å². The molecule has 4 rings (SSSR count). The zero-order chi connectivity index (χ0) is 21.3. The van der Waals surface area contributed by atoms with Crippen LogP contribution in [0.1, 0.15) is 39.3 Å². The number of fused-ring (bicyclic) bond motifs is 1. The normalized spacial score (nSPS) is 13.3. The lowest BCUT2D eigenvalue weighted by Crippen LogP contribution is -2.11. The summed E-state index contributed by atoms with van der Waals surface area (Å²) in [7, 11) is 0. The van der Waals surface area contributed by atoms with E-state index < -0.39 is 11.9 Å². The molecule has 9 heteroatoms. The van der Waals surface area contributed by atoms with Gasteiger partial charge < -0.3 is 14.3 Å². The number of nitrogens with one attached hydrogen (secondary N) is 1. The average Bonchev–Trinajstić information content (AvgIpc) is 3.37. The van der Waals surface area contributed by atoms with E-state index in [-0.39, 0.29) is 12.5 Å². The van der Waals surface area contributed by atoms with Gasteiger partial charge in [0, 0.05) is 35.8 Å². The molecular formula is C21H15F3N4O2. The number of nitrogens with zero attached hydrogens (tertiary/aromatic N) is 3. The summed E-state index contributed by atoms with van der Waals surface area (Å²) in [5, 5.41) is 12.1. The predicted octanol–water partition coefficient (Wildman–Crippen LogP) is 4.65. The molecule has 0 unspecified atom stereocenters. The molecule has 6 nitrogen and oxygen atoms in total. The molecule has 1 aliphatic rings. The molecule has 1 aliphatic carbocycles. The van der Waals surface area contributed by atoms with Crippen molar-refractivity contribution in [2.45, 2.75) is 25.6 Å². The standard InChI is InChI=1S/C21H15F3N4O2/c22-21(23,24)19-4-2-14(9-26-19)10-28-11-17(27-20(29)15-5-6-30-12-15)16-7-13(8-25)1-3-18(16)28/h2,4-7,9,11-12H,1,3,10H2,(H,27,29). The molecule has 0 radical (unpaired) electrons. The molecule has 0 atom stereocenters. The number of nitriles is 1. The molecule has 1 N–H and O–H groups in total. The summed E-state index contributed by atoms with van der Waals surface area (Å²) in [5.74, 6) is -0.364. The Morgan fingerprint density at radius 1 is 1.30 bits per heavy atom. The maximum Gasteiger partial charge on any atom is 0.433 e. The summed E-state index contributed by atoms with van der Waals surface area (Å²) in [6.45, 7) is 0.283. The van der Waals surface area contributed by atoms with Gasteiger partial charge in [-0.3, -0.25) is 9.78 Å². The Kier molecular flexibility index (Phi) is 4.91. The Hall–Kier alpha value is -3.80. The second-order valence-electron chi connectivity index (χ2n) is 6.83. The largest absolute Gasteiger partial charge is 0.472 e. The van der Waals surface area contributed by atoms with Crippen molar-refractivity contribution in [1.29, 1.82) is 5.26 Å². The van der Waals surface area contributed by atoms with Gasteiger partial charge in [-0.15, -0.1) is 0 Å². The Morgan fingerprint density at radius 2 is 2.13 bits per heavy atom. The summed E-state index contributed by atoms with van der Waals surface area (Å²) in [6, 6.07) is 6.00. The Balaban J connectivity index is 1.65. The van der Waals surface area contributed by atoms with Gasteiger partial charge in [0.15, 0.2) is 0 Å². The van der Waals surface area contributed by atoms with Crippen molar-refractivity contribution in [1.82, 2.24) is 9.55 Å². The fraction of sp³-hybridized carbons (Fsp3) is 0.190. The molecule has 0 saturated heterocycles. The molecule has 1 amide bonds. The number of amides is 1. The molecule has 0 spiro atoms. The molecule has 3 aromatic heterocycles. The van der Waals surface area contributed by atoms with E-state index in [4.69, 9.17) is 4.42 Å². The fourth-order valence-electron chi connectivity index (χ4n) is 3.35. The minimum atomic E-state index is -4.49. The van der Waals surface area contributed by atoms with Crippen molar-refractivity contribution in [2.75, 3.05) is 5.32 Å². The van der Waals surface area contributed by atoms with Gasteiger partial charge >= 0.3 is 6.18 Å². The van der Waals surface area contributed by atoms with Gasteiger partial charge in [0.25, 0.3) is 5.91 Å². The van der Waals surface area contributed by atoms with Crippen LogP contribution in [0, 0.1) is 11.3 Å². The van der Waals surface area contributed by atoms with Gasteiger partial charge in [-0.1, -0.05) is 6.07 Å². The van der Waals surface area contributed by atoms with Crippen molar-refractivity contribution in [3.8, 4) is 6.07 Å². The minimum absolute atomic E-state index is 0.283. The quantitative estimate of drug-likeness (QED) is 0.676. The molecule has 0 aromatic carbocycles. The van der Waals surface area contributed by atoms with Gasteiger partial charge in [0.1, 0.15) is 12.0 Å². The Bertz CT molecular complexity index is 1150. The molecule has 30 heavy (non-hydrogen) atoms. The van der Waals surface area contributed by atoms with E-state index in [0.717, 1.165) is 17.3 Å². The first-order valence-corrected chi connectivity index (χ1v) is 9.03. The van der Waals surface area contributed by atoms with Gasteiger partial charge in [-0.05, 0) is 36.6 Å². The van der Waals surface area contributed by atoms with E-state index in [0.29, 0.717) is 35.2 Å². The lowest BCUT2D eigenvalue weighted by atomic mass is 9.97. The first-order chi connectivity index (χ1) is 14.3. The van der Waals surface area contributed by atoms with Crippen molar-refractivity contribution in [2.24, 2.45) is 0 Å². The highest BCUT2D eigenvalue weighted by Gasteiger charge is 2.32. The number of carbonyl (C=O) groups is 1. The van der Waals surface area contributed by atoms with E-state index in [1.165, 1.54) is 30.9 Å². The predicted molar refractivity (Wildman–Crippen MR) is 101 cm³/mol. The number of allylic oxidation sites excluding steroid dienone is 1. The smallest absolute Gasteiger partial charge is 0.433 e. The molecule has 0 fully saturated rings. The van der Waals surface area contributed by atoms with Crippen molar-refractivity contribution in [3.05, 3.63) is 76.8 Å². The monoisotopic (exact) mass is 412 g/mol. The van der Waals surface area contributed by atoms with Gasteiger partial charge in [0.2, 0.25) is 0 Å². The number of aromatic nitrogens is 2. The van der Waals surface area contributed by atoms with E-state index in [1.54, 1.807) is 12.3 Å². The number of halogens is 3. The highest BCUT2D eigenvalue weighted by Crippen LogP contribution is 2.33. The van der Waals surface area contributed by atoms with Gasteiger partial charge in [-0.25, -0.2) is 0 Å². The third-order valence-corrected chi connectivity index (χ3v) is 4.83. The van der Waals surface area contributed by atoms with Crippen LogP contribution in [0.5, 0.6) is 0 Å². The van der Waals surface area contributed by atoms with Crippen LogP contribution in [0.25, 0.3) is 6.08 Å². The third kappa shape index (κ3) is 3.85. The first-order valence-electron chi connectivity index (χ1n) is 9.03. The van der Waals surface area contributed by atoms with Crippen molar-refractivity contribution >= 4 is 17.7 Å². The van der Waals surface area contributed by atoms with Gasteiger partial charge in [-0.2, -0.15) is 18.4 Å². The minimum Gasteiger partial charge on any atom is -0.472 e. The van der Waals surface area contributed by atoms with Crippen LogP contribution in [-0.2, 0) is 19.1 Å². The number of hydrogen-bond donors (Lipinski definition) is 1. The van der Waals surface area contributed by atoms with E-state index in [2.05, 4.69) is 16.4 Å². The number of rotatable bonds is 4. The van der Waals surface area contributed by atoms with Crippen LogP contribution < -0.4 is 5.32 Å². The molecule has 0 bridgehead atoms. The lowest BCUT2D eigenvalue weighted by molar-refractivity contribution is -0.141. The number of alkyl halides is 3. The second kappa shape index (κ2) is 7.55. The second-order valence-corrected chi connectivity index (χ2v) is 6.83. The van der Waals surface area contributed by atoms with E-state index in [9.17, 15) is 23.2 Å². The van der Waals surface area contributed by atoms with Crippen LogP contribution in [-0.4, -0.2) is 15.5 Å². The highest BCUT2D eigenvalue weighted by molar-refractivity contribution is 6.05. The molecule has 3 heterocycles. The van der Waals surface area contributed by atoms with Gasteiger partial charge in [0.05, 0.1) is 23.6 Å². The molecule has 0 aliphatic heterocycles. The number of carbonyl (C=O) groups excluding carboxylic acids is 1. The topological polar surface area (TPSA) is 83.9 Å². The third-order valence-electron chi connectivity index (χ3n) is 4.83. The van der Waals surface area contributed by atoms with Crippen LogP contribution >= 0.6 is 0 Å². The summed E-state index contributed by atoms with van der Waals surface area (Å²) in [5.41, 5.74) is 2.70. The molecule has 152 valence electrons. The fourth-order valence-corrected chi connectivity index (χ4v) is 3.35. The number of furan rings is 1. The van der Waals surface area contributed by atoms with Crippen LogP contribution in [0.4, 0.5) is 18.9 Å². The first kappa shape index (κ1) is 19.5. The highest BCUT2D eigenvalue weighted by atomic mass is 19.4. The summed E-state index contributed by atoms with van der Waals surface area (Å²) in [6.07, 6.45) is 3.98. The summed E-state index contributed by atoms with van der Waals surface area (Å²) in [4.78, 5) is 15.9. The molecular weight excluding hydrogens is 397 g/mol. The van der Waals surface area contributed by atoms with Crippen LogP contribution in [0.2, 0.25) is 0 Å². The Morgan fingerprint density at radius 3 is 2.77 bits per heavy atom. The summed E-state index contributed by atoms with van der Waals surface area (Å²) < 4.78 is 45.0.